The number of benzene rings is 7. The third kappa shape index (κ3) is 9.49. The fraction of sp³-hybridized carbons (Fsp3) is 0.102. The Morgan fingerprint density at radius 1 is 0.456 bits per heavy atom. The number of H-pyrrole nitrogens is 2. The topological polar surface area (TPSA) is 290 Å². The third-order valence-electron chi connectivity index (χ3n) is 13.3. The number of hydrogen-bond acceptors (Lipinski definition) is 13. The average Bonchev–Trinajstić information content (AvgIpc) is 4.37. The maximum atomic E-state index is 11.9. The van der Waals surface area contributed by atoms with Crippen LogP contribution in [0.1, 0.15) is 78.9 Å². The minimum Gasteiger partial charge on any atom is -0.489 e. The van der Waals surface area contributed by atoms with E-state index in [1.165, 1.54) is 29.1 Å². The fourth-order valence-electron chi connectivity index (χ4n) is 9.39. The van der Waals surface area contributed by atoms with Crippen molar-refractivity contribution < 1.29 is 58.6 Å². The maximum Gasteiger partial charge on any atom is 0.335 e. The molecular formula is C59H42N9O11+. The fourth-order valence-corrected chi connectivity index (χ4v) is 9.39. The van der Waals surface area contributed by atoms with Crippen LogP contribution >= 0.6 is 0 Å². The number of carboxylic acid groups (broad SMARTS) is 4. The maximum absolute atomic E-state index is 11.9. The van der Waals surface area contributed by atoms with Gasteiger partial charge in [-0.05, 0) is 107 Å². The van der Waals surface area contributed by atoms with Gasteiger partial charge < -0.3 is 44.6 Å². The Kier molecular flexibility index (Phi) is 11.8. The van der Waals surface area contributed by atoms with Crippen LogP contribution in [0.2, 0.25) is 0 Å². The summed E-state index contributed by atoms with van der Waals surface area (Å²) < 4.78 is 18.6. The van der Waals surface area contributed by atoms with E-state index in [1.54, 1.807) is 30.3 Å². The molecule has 7 aromatic carbocycles. The average molecular weight is 1050 g/mol. The van der Waals surface area contributed by atoms with Crippen LogP contribution in [-0.2, 0) is 18.6 Å². The Bertz CT molecular complexity index is 4290. The summed E-state index contributed by atoms with van der Waals surface area (Å²) in [5.41, 5.74) is 5.58. The molecule has 10 aromatic rings. The predicted octanol–water partition coefficient (Wildman–Crippen LogP) is 10.5. The van der Waals surface area contributed by atoms with Gasteiger partial charge in [-0.3, -0.25) is 0 Å². The minimum atomic E-state index is -1.35. The number of carbonyl (C=O) groups is 4. The molecule has 388 valence electrons. The molecule has 79 heavy (non-hydrogen) atoms. The van der Waals surface area contributed by atoms with Gasteiger partial charge in [0.1, 0.15) is 58.7 Å². The molecule has 0 unspecified atom stereocenters. The van der Waals surface area contributed by atoms with Crippen LogP contribution in [0.3, 0.4) is 0 Å². The lowest BCUT2D eigenvalue weighted by atomic mass is 9.86. The van der Waals surface area contributed by atoms with E-state index < -0.39 is 23.9 Å². The molecule has 0 atom stereocenters. The highest BCUT2D eigenvalue weighted by molar-refractivity contribution is 6.06. The van der Waals surface area contributed by atoms with Crippen LogP contribution in [0, 0.1) is 0 Å². The largest absolute Gasteiger partial charge is 0.489 e. The molecule has 2 aliphatic rings. The van der Waals surface area contributed by atoms with Crippen molar-refractivity contribution in [2.24, 2.45) is 0 Å². The molecule has 6 N–H and O–H groups in total. The number of rotatable bonds is 12. The summed E-state index contributed by atoms with van der Waals surface area (Å²) in [5, 5.41) is 51.8. The second-order valence-electron chi connectivity index (χ2n) is 19.7. The molecule has 20 nitrogen and oxygen atoms in total. The van der Waals surface area contributed by atoms with Gasteiger partial charge in [-0.15, -0.1) is 0 Å². The molecule has 0 fully saturated rings. The van der Waals surface area contributed by atoms with Crippen LogP contribution < -0.4 is 19.0 Å². The number of aromatic carboxylic acids is 4. The summed E-state index contributed by atoms with van der Waals surface area (Å²) in [5.74, 6) is -3.58. The molecule has 0 aliphatic carbocycles. The quantitative estimate of drug-likeness (QED) is 0.0620. The first-order chi connectivity index (χ1) is 38.0. The molecular weight excluding hydrogens is 1010 g/mol. The zero-order valence-electron chi connectivity index (χ0n) is 42.0. The lowest BCUT2D eigenvalue weighted by Gasteiger charge is -2.18. The van der Waals surface area contributed by atoms with Gasteiger partial charge in [-0.1, -0.05) is 69.3 Å². The van der Waals surface area contributed by atoms with E-state index in [9.17, 15) is 39.6 Å². The summed E-state index contributed by atoms with van der Waals surface area (Å²) in [4.78, 5) is 76.5. The second kappa shape index (κ2) is 19.0. The summed E-state index contributed by atoms with van der Waals surface area (Å²) in [6.45, 7) is 6.05. The zero-order chi connectivity index (χ0) is 54.9. The molecule has 0 saturated carbocycles. The Balaban J connectivity index is 1.00. The van der Waals surface area contributed by atoms with E-state index in [-0.39, 0.29) is 58.1 Å². The number of aromatic amines is 2. The van der Waals surface area contributed by atoms with Crippen molar-refractivity contribution in [3.05, 3.63) is 178 Å². The normalized spacial score (nSPS) is 11.7. The number of nitrogens with zero attached hydrogens (tertiary/aromatic N) is 7. The summed E-state index contributed by atoms with van der Waals surface area (Å²) in [6.07, 6.45) is 0. The predicted molar refractivity (Wildman–Crippen MR) is 287 cm³/mol. The highest BCUT2D eigenvalue weighted by Gasteiger charge is 2.29. The third-order valence-corrected chi connectivity index (χ3v) is 13.3. The Morgan fingerprint density at radius 2 is 0.937 bits per heavy atom. The van der Waals surface area contributed by atoms with Crippen molar-refractivity contribution in [1.29, 1.82) is 0 Å². The van der Waals surface area contributed by atoms with Gasteiger partial charge in [-0.25, -0.2) is 39.1 Å². The molecule has 0 amide bonds. The van der Waals surface area contributed by atoms with E-state index in [1.807, 2.05) is 54.6 Å². The minimum absolute atomic E-state index is 0.0286. The summed E-state index contributed by atoms with van der Waals surface area (Å²) in [7, 11) is 0. The smallest absolute Gasteiger partial charge is 0.335 e. The Hall–Kier alpha value is -10.9. The van der Waals surface area contributed by atoms with Crippen LogP contribution in [0.4, 0.5) is 0 Å². The molecule has 12 rings (SSSR count). The molecule has 8 bridgehead atoms. The van der Waals surface area contributed by atoms with Gasteiger partial charge >= 0.3 is 23.9 Å². The van der Waals surface area contributed by atoms with Crippen molar-refractivity contribution in [2.45, 2.75) is 39.4 Å². The van der Waals surface area contributed by atoms with Crippen molar-refractivity contribution in [3.63, 3.8) is 0 Å². The summed E-state index contributed by atoms with van der Waals surface area (Å²) in [6, 6.07) is 38.8. The molecule has 2 aliphatic heterocycles. The van der Waals surface area contributed by atoms with Crippen molar-refractivity contribution in [1.82, 2.24) is 40.1 Å². The van der Waals surface area contributed by atoms with Crippen LogP contribution in [0.15, 0.2) is 140 Å². The van der Waals surface area contributed by atoms with Crippen LogP contribution in [0.5, 0.6) is 23.0 Å². The summed E-state index contributed by atoms with van der Waals surface area (Å²) >= 11 is 0. The van der Waals surface area contributed by atoms with Gasteiger partial charge in [0.2, 0.25) is 11.5 Å². The van der Waals surface area contributed by atoms with E-state index in [0.717, 1.165) is 45.2 Å². The number of ether oxygens (including phenoxy) is 3. The number of carboxylic acids is 4. The standard InChI is InChI=1S/C59H41N9O11/c1-59(2,3)35-12-14-42-45(25-35)52-63-50(42)61-48-40-8-4-5-9-41(40)49(60-48)62-51-43-15-13-36(26-46(43)54(64-51)67-68-47-11-7-6-10-44(47)53(65-52)66-68)79-39-17-29(27-77-37-21-31(55(69)70)19-32(22-37)56(71)72)16-30(18-39)28-78-38-23-33(57(73)74)20-34(24-38)58(75)76/h4-26H,27-28H2,1-3H3,(H5,60,61,62,63,64,65,66,67,69,70,71,72,73,74,75,76)/p+1. The highest BCUT2D eigenvalue weighted by Crippen LogP contribution is 2.37. The SMILES string of the molecule is CC(C)(C)c1ccc2c3nc4nc(nc5[nH]c(n[n+]6nc(nc([nH]3)c2c1)-c1ccccc1-6)c1cc(Oc2cc(COc3cc(C(=O)O)cc(C(=O)O)c3)cc(COc3cc(C(=O)O)cc(C(=O)O)c3)c2)ccc51)-c1ccccc1-4. The highest BCUT2D eigenvalue weighted by atomic mass is 16.5. The lowest BCUT2D eigenvalue weighted by molar-refractivity contribution is -0.711. The van der Waals surface area contributed by atoms with Crippen molar-refractivity contribution in [2.75, 3.05) is 0 Å². The van der Waals surface area contributed by atoms with Crippen LogP contribution in [0.25, 0.3) is 84.0 Å². The van der Waals surface area contributed by atoms with Gasteiger partial charge in [-0.2, -0.15) is 0 Å². The van der Waals surface area contributed by atoms with E-state index >= 15 is 0 Å². The molecule has 3 aromatic heterocycles. The Morgan fingerprint density at radius 3 is 1.48 bits per heavy atom. The number of hydrogen-bond donors (Lipinski definition) is 6. The first-order valence-electron chi connectivity index (χ1n) is 24.5. The van der Waals surface area contributed by atoms with E-state index in [2.05, 4.69) is 48.9 Å². The van der Waals surface area contributed by atoms with E-state index in [0.29, 0.717) is 73.4 Å². The number of nitrogens with one attached hydrogen (secondary N) is 2. The first-order valence-corrected chi connectivity index (χ1v) is 24.5. The monoisotopic (exact) mass is 1050 g/mol. The Labute approximate surface area is 445 Å². The van der Waals surface area contributed by atoms with E-state index in [4.69, 9.17) is 44.3 Å². The number of fused-ring (bicyclic) bond motifs is 20. The number of para-hydroxylation sites is 1. The lowest BCUT2D eigenvalue weighted by Crippen LogP contribution is -2.35. The van der Waals surface area contributed by atoms with Crippen molar-refractivity contribution >= 4 is 68.0 Å². The molecule has 0 radical (unpaired) electrons. The first kappa shape index (κ1) is 49.0. The van der Waals surface area contributed by atoms with Crippen LogP contribution in [-0.4, -0.2) is 84.4 Å². The van der Waals surface area contributed by atoms with Gasteiger partial charge in [0, 0.05) is 38.7 Å². The number of aromatic nitrogens is 9. The van der Waals surface area contributed by atoms with Gasteiger partial charge in [0.05, 0.1) is 37.2 Å². The molecule has 0 saturated heterocycles. The van der Waals surface area contributed by atoms with Crippen molar-refractivity contribution in [3.8, 4) is 62.8 Å². The van der Waals surface area contributed by atoms with Gasteiger partial charge in [0.15, 0.2) is 11.6 Å². The zero-order valence-corrected chi connectivity index (χ0v) is 42.0. The van der Waals surface area contributed by atoms with Gasteiger partial charge in [0.25, 0.3) is 5.69 Å². The molecule has 20 heteroatoms. The second-order valence-corrected chi connectivity index (χ2v) is 19.7. The molecule has 0 spiro atoms. The molecule has 5 heterocycles.